The van der Waals surface area contributed by atoms with Gasteiger partial charge < -0.3 is 20.1 Å². The molecule has 0 bridgehead atoms. The first-order valence-corrected chi connectivity index (χ1v) is 9.89. The lowest BCUT2D eigenvalue weighted by Crippen LogP contribution is -2.44. The average molecular weight is 368 g/mol. The number of hydrogen-bond acceptors (Lipinski definition) is 6. The van der Waals surface area contributed by atoms with Crippen LogP contribution < -0.4 is 10.2 Å². The van der Waals surface area contributed by atoms with Gasteiger partial charge in [0.25, 0.3) is 0 Å². The van der Waals surface area contributed by atoms with Gasteiger partial charge in [0.1, 0.15) is 11.6 Å². The molecule has 144 valence electrons. The first-order chi connectivity index (χ1) is 13.2. The van der Waals surface area contributed by atoms with E-state index >= 15 is 0 Å². The summed E-state index contributed by atoms with van der Waals surface area (Å²) in [4.78, 5) is 11.6. The summed E-state index contributed by atoms with van der Waals surface area (Å²) in [6, 6.07) is 9.84. The minimum atomic E-state index is 0.216. The van der Waals surface area contributed by atoms with E-state index < -0.39 is 0 Å². The van der Waals surface area contributed by atoms with Crippen molar-refractivity contribution in [2.24, 2.45) is 5.92 Å². The van der Waals surface area contributed by atoms with Gasteiger partial charge in [-0.25, -0.2) is 9.97 Å². The highest BCUT2D eigenvalue weighted by atomic mass is 16.5. The van der Waals surface area contributed by atoms with Gasteiger partial charge in [0.15, 0.2) is 5.82 Å². The maximum atomic E-state index is 10.1. The van der Waals surface area contributed by atoms with Crippen LogP contribution in [-0.4, -0.2) is 54.0 Å². The third kappa shape index (κ3) is 4.39. The topological polar surface area (TPSA) is 70.5 Å². The number of phenolic OH excluding ortho intramolecular Hbond substituents is 1. The molecule has 0 spiro atoms. The highest BCUT2D eigenvalue weighted by Gasteiger charge is 2.23. The number of rotatable bonds is 5. The molecule has 2 N–H and O–H groups in total. The number of nitrogens with one attached hydrogen (secondary N) is 1. The highest BCUT2D eigenvalue weighted by Crippen LogP contribution is 2.28. The molecule has 27 heavy (non-hydrogen) atoms. The molecular formula is C21H28N4O2. The van der Waals surface area contributed by atoms with E-state index in [1.54, 1.807) is 6.07 Å². The Morgan fingerprint density at radius 1 is 1.19 bits per heavy atom. The highest BCUT2D eigenvalue weighted by molar-refractivity contribution is 5.65. The number of piperidine rings is 1. The van der Waals surface area contributed by atoms with E-state index in [4.69, 9.17) is 9.72 Å². The Kier molecular flexibility index (Phi) is 5.55. The van der Waals surface area contributed by atoms with Gasteiger partial charge in [-0.3, -0.25) is 0 Å². The molecule has 4 rings (SSSR count). The van der Waals surface area contributed by atoms with Crippen molar-refractivity contribution < 1.29 is 9.84 Å². The van der Waals surface area contributed by atoms with E-state index in [1.807, 2.05) is 31.2 Å². The predicted octanol–water partition coefficient (Wildman–Crippen LogP) is 2.75. The molecule has 0 unspecified atom stereocenters. The summed E-state index contributed by atoms with van der Waals surface area (Å²) in [7, 11) is 0. The van der Waals surface area contributed by atoms with Crippen molar-refractivity contribution in [3.8, 4) is 17.1 Å². The van der Waals surface area contributed by atoms with Crippen molar-refractivity contribution in [2.75, 3.05) is 37.7 Å². The van der Waals surface area contributed by atoms with Crippen molar-refractivity contribution in [3.05, 3.63) is 36.0 Å². The van der Waals surface area contributed by atoms with Crippen molar-refractivity contribution >= 4 is 5.82 Å². The Balaban J connectivity index is 1.40. The Bertz CT molecular complexity index is 769. The molecular weight excluding hydrogens is 340 g/mol. The number of para-hydroxylation sites is 1. The number of anilines is 1. The Hall–Kier alpha value is -2.18. The summed E-state index contributed by atoms with van der Waals surface area (Å²) in [6.07, 6.45) is 3.41. The van der Waals surface area contributed by atoms with Crippen LogP contribution in [0.2, 0.25) is 0 Å². The number of phenols is 1. The molecule has 0 radical (unpaired) electrons. The second kappa shape index (κ2) is 8.23. The summed E-state index contributed by atoms with van der Waals surface area (Å²) in [5.41, 5.74) is 1.59. The fourth-order valence-electron chi connectivity index (χ4n) is 3.89. The molecule has 2 aromatic rings. The zero-order valence-electron chi connectivity index (χ0n) is 15.9. The summed E-state index contributed by atoms with van der Waals surface area (Å²) in [5.74, 6) is 2.43. The number of hydrogen-bond donors (Lipinski definition) is 2. The quantitative estimate of drug-likeness (QED) is 0.846. The van der Waals surface area contributed by atoms with Gasteiger partial charge in [-0.15, -0.1) is 0 Å². The molecule has 2 aliphatic heterocycles. The molecule has 0 aliphatic carbocycles. The van der Waals surface area contributed by atoms with Gasteiger partial charge in [-0.2, -0.15) is 0 Å². The molecule has 0 amide bonds. The van der Waals surface area contributed by atoms with Gasteiger partial charge in [0.05, 0.1) is 12.2 Å². The van der Waals surface area contributed by atoms with E-state index in [0.717, 1.165) is 57.2 Å². The lowest BCUT2D eigenvalue weighted by molar-refractivity contribution is 0.184. The van der Waals surface area contributed by atoms with Crippen molar-refractivity contribution in [3.63, 3.8) is 0 Å². The maximum Gasteiger partial charge on any atom is 0.165 e. The second-order valence-corrected chi connectivity index (χ2v) is 7.61. The molecule has 6 heteroatoms. The monoisotopic (exact) mass is 368 g/mol. The third-order valence-electron chi connectivity index (χ3n) is 5.52. The summed E-state index contributed by atoms with van der Waals surface area (Å²) in [6.45, 7) is 6.82. The van der Waals surface area contributed by atoms with Gasteiger partial charge in [0.2, 0.25) is 0 Å². The molecule has 0 saturated carbocycles. The van der Waals surface area contributed by atoms with Crippen LogP contribution >= 0.6 is 0 Å². The van der Waals surface area contributed by atoms with Crippen LogP contribution in [0.25, 0.3) is 11.4 Å². The van der Waals surface area contributed by atoms with E-state index in [1.165, 1.54) is 6.42 Å². The number of nitrogens with zero attached hydrogens (tertiary/aromatic N) is 3. The van der Waals surface area contributed by atoms with Crippen LogP contribution in [0.4, 0.5) is 5.82 Å². The number of ether oxygens (including phenoxy) is 1. The minimum absolute atomic E-state index is 0.216. The maximum absolute atomic E-state index is 10.1. The average Bonchev–Trinajstić information content (AvgIpc) is 3.20. The fourth-order valence-corrected chi connectivity index (χ4v) is 3.89. The van der Waals surface area contributed by atoms with Gasteiger partial charge in [-0.05, 0) is 44.2 Å². The Labute approximate surface area is 160 Å². The van der Waals surface area contributed by atoms with Crippen LogP contribution in [0.5, 0.6) is 5.75 Å². The lowest BCUT2D eigenvalue weighted by Gasteiger charge is -2.34. The molecule has 1 aromatic heterocycles. The van der Waals surface area contributed by atoms with Crippen LogP contribution in [0.3, 0.4) is 0 Å². The van der Waals surface area contributed by atoms with Gasteiger partial charge in [0, 0.05) is 44.0 Å². The fraction of sp³-hybridized carbons (Fsp3) is 0.524. The molecule has 2 aliphatic rings. The summed E-state index contributed by atoms with van der Waals surface area (Å²) >= 11 is 0. The number of aromatic nitrogens is 2. The molecule has 6 nitrogen and oxygen atoms in total. The number of aromatic hydroxyl groups is 1. The number of aryl methyl sites for hydroxylation is 1. The molecule has 1 atom stereocenters. The Morgan fingerprint density at radius 2 is 2.00 bits per heavy atom. The largest absolute Gasteiger partial charge is 0.507 e. The van der Waals surface area contributed by atoms with Crippen molar-refractivity contribution in [1.82, 2.24) is 15.3 Å². The van der Waals surface area contributed by atoms with Crippen LogP contribution in [0.1, 0.15) is 25.0 Å². The minimum Gasteiger partial charge on any atom is -0.507 e. The van der Waals surface area contributed by atoms with E-state index in [0.29, 0.717) is 23.3 Å². The Morgan fingerprint density at radius 3 is 2.74 bits per heavy atom. The first-order valence-electron chi connectivity index (χ1n) is 9.89. The molecule has 2 fully saturated rings. The standard InChI is InChI=1S/C21H28N4O2/c1-15-12-20(24-21(23-15)18-4-2-3-5-19(18)26)25-9-6-17(7-10-25)22-13-16-8-11-27-14-16/h2-5,12,16-17,22,26H,6-11,13-14H2,1H3/t16-/m0/s1. The van der Waals surface area contributed by atoms with E-state index in [2.05, 4.69) is 15.2 Å². The predicted molar refractivity (Wildman–Crippen MR) is 106 cm³/mol. The van der Waals surface area contributed by atoms with Crippen molar-refractivity contribution in [1.29, 1.82) is 0 Å². The zero-order chi connectivity index (χ0) is 18.6. The second-order valence-electron chi connectivity index (χ2n) is 7.61. The third-order valence-corrected chi connectivity index (χ3v) is 5.52. The van der Waals surface area contributed by atoms with E-state index in [-0.39, 0.29) is 5.75 Å². The van der Waals surface area contributed by atoms with Crippen molar-refractivity contribution in [2.45, 2.75) is 32.2 Å². The zero-order valence-corrected chi connectivity index (χ0v) is 15.9. The van der Waals surface area contributed by atoms with Gasteiger partial charge >= 0.3 is 0 Å². The smallest absolute Gasteiger partial charge is 0.165 e. The van der Waals surface area contributed by atoms with Gasteiger partial charge in [-0.1, -0.05) is 12.1 Å². The molecule has 2 saturated heterocycles. The van der Waals surface area contributed by atoms with Crippen LogP contribution in [0.15, 0.2) is 30.3 Å². The summed E-state index contributed by atoms with van der Waals surface area (Å²) < 4.78 is 5.46. The van der Waals surface area contributed by atoms with E-state index in [9.17, 15) is 5.11 Å². The SMILES string of the molecule is Cc1cc(N2CCC(NC[C@@H]3CCOC3)CC2)nc(-c2ccccc2O)n1. The number of benzene rings is 1. The first kappa shape index (κ1) is 18.2. The molecule has 1 aromatic carbocycles. The molecule has 3 heterocycles. The normalized spacial score (nSPS) is 20.9. The van der Waals surface area contributed by atoms with Crippen LogP contribution in [-0.2, 0) is 4.74 Å². The van der Waals surface area contributed by atoms with Crippen LogP contribution in [0, 0.1) is 12.8 Å². The summed E-state index contributed by atoms with van der Waals surface area (Å²) in [5, 5.41) is 13.8. The lowest BCUT2D eigenvalue weighted by atomic mass is 10.0.